The van der Waals surface area contributed by atoms with E-state index in [0.29, 0.717) is 29.8 Å². The van der Waals surface area contributed by atoms with Crippen molar-refractivity contribution in [3.05, 3.63) is 59.4 Å². The van der Waals surface area contributed by atoms with Gasteiger partial charge in [0.05, 0.1) is 23.1 Å². The summed E-state index contributed by atoms with van der Waals surface area (Å²) in [5.41, 5.74) is 8.90. The zero-order valence-corrected chi connectivity index (χ0v) is 17.3. The summed E-state index contributed by atoms with van der Waals surface area (Å²) in [5, 5.41) is 5.99. The minimum atomic E-state index is -0.772. The molecule has 7 nitrogen and oxygen atoms in total. The number of nitrogen functional groups attached to an aromatic ring is 1. The van der Waals surface area contributed by atoms with Gasteiger partial charge in [-0.3, -0.25) is 9.78 Å². The molecule has 9 heteroatoms. The van der Waals surface area contributed by atoms with E-state index in [1.807, 2.05) is 6.07 Å². The van der Waals surface area contributed by atoms with Crippen LogP contribution in [-0.2, 0) is 6.42 Å². The van der Waals surface area contributed by atoms with Gasteiger partial charge >= 0.3 is 0 Å². The number of nitrogens with two attached hydrogens (primary N) is 1. The number of carbonyl (C=O) groups is 1. The van der Waals surface area contributed by atoms with Gasteiger partial charge in [0, 0.05) is 49.4 Å². The quantitative estimate of drug-likeness (QED) is 0.546. The van der Waals surface area contributed by atoms with Crippen molar-refractivity contribution in [3.8, 4) is 22.4 Å². The number of anilines is 2. The van der Waals surface area contributed by atoms with E-state index < -0.39 is 11.8 Å². The highest BCUT2D eigenvalue weighted by atomic mass is 19.1. The molecule has 4 N–H and O–H groups in total. The highest BCUT2D eigenvalue weighted by molar-refractivity contribution is 5.97. The predicted molar refractivity (Wildman–Crippen MR) is 118 cm³/mol. The number of nitrogens with zero attached hydrogens (tertiary/aromatic N) is 3. The molecule has 0 spiro atoms. The number of halogens is 2. The molecule has 0 radical (unpaired) electrons. The van der Waals surface area contributed by atoms with Crippen LogP contribution in [0.2, 0.25) is 0 Å². The van der Waals surface area contributed by atoms with E-state index >= 15 is 0 Å². The normalized spacial score (nSPS) is 15.9. The number of piperazine rings is 1. The number of benzene rings is 1. The lowest BCUT2D eigenvalue weighted by atomic mass is 9.94. The van der Waals surface area contributed by atoms with Crippen molar-refractivity contribution in [3.63, 3.8) is 0 Å². The third-order valence-corrected chi connectivity index (χ3v) is 5.92. The molecule has 5 rings (SSSR count). The number of hydrogen-bond acceptors (Lipinski definition) is 6. The van der Waals surface area contributed by atoms with E-state index in [-0.39, 0.29) is 28.4 Å². The predicted octanol–water partition coefficient (Wildman–Crippen LogP) is 2.37. The lowest BCUT2D eigenvalue weighted by molar-refractivity contribution is 0.0945. The molecule has 2 aliphatic rings. The Bertz CT molecular complexity index is 1190. The first kappa shape index (κ1) is 20.3. The van der Waals surface area contributed by atoms with Crippen molar-refractivity contribution < 1.29 is 13.6 Å². The largest absolute Gasteiger partial charge is 0.383 e. The molecule has 0 aliphatic carbocycles. The lowest BCUT2D eigenvalue weighted by Crippen LogP contribution is -2.43. The maximum Gasteiger partial charge on any atom is 0.251 e. The molecule has 1 saturated heterocycles. The van der Waals surface area contributed by atoms with Gasteiger partial charge in [0.2, 0.25) is 5.95 Å². The van der Waals surface area contributed by atoms with E-state index in [9.17, 15) is 13.6 Å². The topological polar surface area (TPSA) is 96.2 Å². The van der Waals surface area contributed by atoms with Gasteiger partial charge in [-0.05, 0) is 42.3 Å². The third kappa shape index (κ3) is 3.64. The molecule has 1 aromatic carbocycles. The van der Waals surface area contributed by atoms with Crippen molar-refractivity contribution >= 4 is 17.4 Å². The summed E-state index contributed by atoms with van der Waals surface area (Å²) in [4.78, 5) is 22.4. The van der Waals surface area contributed by atoms with Gasteiger partial charge in [-0.15, -0.1) is 0 Å². The maximum absolute atomic E-state index is 14.9. The Morgan fingerprint density at radius 1 is 0.969 bits per heavy atom. The van der Waals surface area contributed by atoms with Crippen molar-refractivity contribution in [2.45, 2.75) is 6.42 Å². The first-order valence-electron chi connectivity index (χ1n) is 10.5. The molecule has 32 heavy (non-hydrogen) atoms. The van der Waals surface area contributed by atoms with Crippen LogP contribution in [0.1, 0.15) is 15.9 Å². The minimum Gasteiger partial charge on any atom is -0.383 e. The molecule has 164 valence electrons. The minimum absolute atomic E-state index is 0.122. The van der Waals surface area contributed by atoms with Gasteiger partial charge in [0.25, 0.3) is 5.91 Å². The van der Waals surface area contributed by atoms with Crippen LogP contribution in [-0.4, -0.2) is 48.6 Å². The van der Waals surface area contributed by atoms with Crippen molar-refractivity contribution in [2.24, 2.45) is 0 Å². The fourth-order valence-electron chi connectivity index (χ4n) is 4.20. The van der Waals surface area contributed by atoms with E-state index in [0.717, 1.165) is 31.9 Å². The number of rotatable bonds is 3. The van der Waals surface area contributed by atoms with Crippen LogP contribution < -0.4 is 21.3 Å². The molecule has 1 fully saturated rings. The summed E-state index contributed by atoms with van der Waals surface area (Å²) >= 11 is 0. The monoisotopic (exact) mass is 436 g/mol. The smallest absolute Gasteiger partial charge is 0.251 e. The second-order valence-electron chi connectivity index (χ2n) is 7.89. The summed E-state index contributed by atoms with van der Waals surface area (Å²) in [5.74, 6) is -1.82. The van der Waals surface area contributed by atoms with Crippen LogP contribution in [0.5, 0.6) is 0 Å². The molecule has 0 bridgehead atoms. The van der Waals surface area contributed by atoms with E-state index in [2.05, 4.69) is 25.5 Å². The third-order valence-electron chi connectivity index (χ3n) is 5.92. The van der Waals surface area contributed by atoms with Gasteiger partial charge in [-0.25, -0.2) is 9.37 Å². The zero-order valence-electron chi connectivity index (χ0n) is 17.3. The Morgan fingerprint density at radius 2 is 1.78 bits per heavy atom. The van der Waals surface area contributed by atoms with E-state index in [1.54, 1.807) is 18.3 Å². The fourth-order valence-corrected chi connectivity index (χ4v) is 4.20. The summed E-state index contributed by atoms with van der Waals surface area (Å²) in [7, 11) is 0. The lowest BCUT2D eigenvalue weighted by Gasteiger charge is -2.29. The van der Waals surface area contributed by atoms with Crippen LogP contribution >= 0.6 is 0 Å². The molecule has 4 heterocycles. The van der Waals surface area contributed by atoms with Crippen molar-refractivity contribution in [2.75, 3.05) is 43.4 Å². The second-order valence-corrected chi connectivity index (χ2v) is 7.89. The van der Waals surface area contributed by atoms with E-state index in [4.69, 9.17) is 5.73 Å². The van der Waals surface area contributed by atoms with Gasteiger partial charge < -0.3 is 21.3 Å². The molecule has 1 amide bonds. The maximum atomic E-state index is 14.9. The second kappa shape index (κ2) is 8.16. The Labute approximate surface area is 183 Å². The zero-order chi connectivity index (χ0) is 22.2. The van der Waals surface area contributed by atoms with Gasteiger partial charge in [-0.2, -0.15) is 4.39 Å². The summed E-state index contributed by atoms with van der Waals surface area (Å²) in [6.45, 7) is 4.02. The van der Waals surface area contributed by atoms with Gasteiger partial charge in [0.1, 0.15) is 11.6 Å². The number of pyridine rings is 2. The fraction of sp³-hybridized carbons (Fsp3) is 0.261. The molecule has 3 aromatic rings. The number of hydrogen-bond donors (Lipinski definition) is 3. The van der Waals surface area contributed by atoms with Gasteiger partial charge in [0.15, 0.2) is 0 Å². The first-order valence-corrected chi connectivity index (χ1v) is 10.5. The Kier molecular flexibility index (Phi) is 5.18. The number of nitrogens with one attached hydrogen (secondary N) is 2. The highest BCUT2D eigenvalue weighted by Crippen LogP contribution is 2.34. The molecule has 0 unspecified atom stereocenters. The average Bonchev–Trinajstić information content (AvgIpc) is 2.81. The summed E-state index contributed by atoms with van der Waals surface area (Å²) < 4.78 is 29.6. The van der Waals surface area contributed by atoms with Crippen molar-refractivity contribution in [1.29, 1.82) is 0 Å². The Hall–Kier alpha value is -3.59. The average molecular weight is 436 g/mol. The Balaban J connectivity index is 1.53. The SMILES string of the molecule is Nc1nc(F)c(-c2ccc(N3CCNCC3)cn2)cc1-c1cc2c(cc1F)C(=O)NCC2. The number of carbonyl (C=O) groups excluding carboxylic acids is 1. The highest BCUT2D eigenvalue weighted by Gasteiger charge is 2.22. The standard InChI is InChI=1S/C23H22F2N6O/c24-19-11-15-13(3-4-28-23(15)32)9-16(19)17-10-18(21(25)30-22(17)26)20-2-1-14(12-29-20)31-7-5-27-6-8-31/h1-2,9-12,27H,3-8H2,(H2,26,30)(H,28,32). The molecule has 2 aliphatic heterocycles. The summed E-state index contributed by atoms with van der Waals surface area (Å²) in [6, 6.07) is 7.88. The number of fused-ring (bicyclic) bond motifs is 1. The Morgan fingerprint density at radius 3 is 2.53 bits per heavy atom. The molecule has 0 atom stereocenters. The molecule has 2 aromatic heterocycles. The van der Waals surface area contributed by atoms with Crippen LogP contribution in [0.25, 0.3) is 22.4 Å². The van der Waals surface area contributed by atoms with Crippen LogP contribution in [0.3, 0.4) is 0 Å². The molecular formula is C23H22F2N6O. The van der Waals surface area contributed by atoms with Crippen molar-refractivity contribution in [1.82, 2.24) is 20.6 Å². The van der Waals surface area contributed by atoms with Crippen LogP contribution in [0.4, 0.5) is 20.3 Å². The number of aromatic nitrogens is 2. The molecule has 0 saturated carbocycles. The van der Waals surface area contributed by atoms with Gasteiger partial charge in [-0.1, -0.05) is 0 Å². The van der Waals surface area contributed by atoms with E-state index in [1.165, 1.54) is 12.1 Å². The van der Waals surface area contributed by atoms with Crippen LogP contribution in [0.15, 0.2) is 36.5 Å². The molecular weight excluding hydrogens is 414 g/mol. The van der Waals surface area contributed by atoms with Crippen LogP contribution in [0, 0.1) is 11.8 Å². The first-order chi connectivity index (χ1) is 15.5. The summed E-state index contributed by atoms with van der Waals surface area (Å²) in [6.07, 6.45) is 2.28. The number of amides is 1.